The molecule has 0 spiro atoms. The molecule has 5 nitrogen and oxygen atoms in total. The molecule has 4 aliphatic rings. The summed E-state index contributed by atoms with van der Waals surface area (Å²) in [4.78, 5) is 23.2. The number of rotatable bonds is 6. The van der Waals surface area contributed by atoms with Crippen LogP contribution in [0.25, 0.3) is 71.8 Å². The Bertz CT molecular complexity index is 2820. The van der Waals surface area contributed by atoms with Gasteiger partial charge in [0.25, 0.3) is 0 Å². The van der Waals surface area contributed by atoms with Crippen LogP contribution in [0.4, 0.5) is 5.69 Å². The van der Waals surface area contributed by atoms with Crippen molar-refractivity contribution >= 4 is 27.4 Å². The van der Waals surface area contributed by atoms with E-state index in [9.17, 15) is 0 Å². The van der Waals surface area contributed by atoms with E-state index in [0.29, 0.717) is 23.2 Å². The number of hydrogen-bond donors (Lipinski definition) is 0. The molecule has 2 aromatic heterocycles. The fourth-order valence-electron chi connectivity index (χ4n) is 11.0. The van der Waals surface area contributed by atoms with Gasteiger partial charge in [0, 0.05) is 28.3 Å². The smallest absolute Gasteiger partial charge is 0.187 e. The monoisotopic (exact) mass is 721 g/mol. The third-order valence-electron chi connectivity index (χ3n) is 13.1. The summed E-state index contributed by atoms with van der Waals surface area (Å²) in [6.45, 7) is 7.29. The maximum atomic E-state index is 7.29. The first-order chi connectivity index (χ1) is 27.5. The van der Waals surface area contributed by atoms with E-state index >= 15 is 0 Å². The van der Waals surface area contributed by atoms with Gasteiger partial charge in [-0.25, -0.2) is 19.8 Å². The molecule has 0 radical (unpaired) electrons. The predicted molar refractivity (Wildman–Crippen MR) is 225 cm³/mol. The van der Waals surface area contributed by atoms with E-state index in [2.05, 4.69) is 113 Å². The van der Waals surface area contributed by atoms with Crippen molar-refractivity contribution in [1.29, 1.82) is 0 Å². The molecule has 0 N–H and O–H groups in total. The average Bonchev–Trinajstić information content (AvgIpc) is 3.25. The second-order valence-electron chi connectivity index (χ2n) is 16.6. The summed E-state index contributed by atoms with van der Waals surface area (Å²) in [5.41, 5.74) is 10.3. The fourth-order valence-corrected chi connectivity index (χ4v) is 11.0. The molecule has 12 rings (SSSR count). The summed E-state index contributed by atoms with van der Waals surface area (Å²) >= 11 is 0. The van der Waals surface area contributed by atoms with Crippen molar-refractivity contribution in [3.8, 4) is 45.3 Å². The van der Waals surface area contributed by atoms with Gasteiger partial charge in [0.2, 0.25) is 0 Å². The van der Waals surface area contributed by atoms with Gasteiger partial charge in [0.05, 0.1) is 12.1 Å². The van der Waals surface area contributed by atoms with Gasteiger partial charge in [-0.1, -0.05) is 115 Å². The van der Waals surface area contributed by atoms with Crippen LogP contribution in [0.5, 0.6) is 0 Å². The van der Waals surface area contributed by atoms with Crippen molar-refractivity contribution in [1.82, 2.24) is 19.9 Å². The van der Waals surface area contributed by atoms with Gasteiger partial charge in [0.1, 0.15) is 0 Å². The Labute approximate surface area is 327 Å². The molecule has 0 saturated heterocycles. The van der Waals surface area contributed by atoms with E-state index in [4.69, 9.17) is 21.5 Å². The molecule has 6 aromatic carbocycles. The van der Waals surface area contributed by atoms with Gasteiger partial charge in [0.15, 0.2) is 23.2 Å². The molecule has 0 amide bonds. The Morgan fingerprint density at radius 3 is 1.79 bits per heavy atom. The summed E-state index contributed by atoms with van der Waals surface area (Å²) in [5.74, 6) is 3.53. The van der Waals surface area contributed by atoms with Crippen LogP contribution in [-0.4, -0.2) is 19.9 Å². The summed E-state index contributed by atoms with van der Waals surface area (Å²) in [6.07, 6.45) is 9.53. The Hall–Kier alpha value is -6.51. The van der Waals surface area contributed by atoms with Gasteiger partial charge >= 0.3 is 0 Å². The van der Waals surface area contributed by atoms with Crippen LogP contribution in [-0.2, 0) is 10.8 Å². The predicted octanol–water partition coefficient (Wildman–Crippen LogP) is 12.6. The standard InChI is InChI=1S/C51H39N5/c1-52-45-20-14-35(15-21-45)38-9-10-40-27-44(19-13-39(40)25-38)51-30-33-24-34(31-51)29-50(28-33,32-51)43-17-11-37(12-18-43)48-54-47(36-6-3-2-4-7-36)55-49(56-48)42-16-22-46-41(26-42)8-5-23-53-46/h2-23,25-27,33-34H,24,28-32H2. The normalized spacial score (nSPS) is 22.3. The minimum atomic E-state index is 0.178. The molecule has 4 fully saturated rings. The van der Waals surface area contributed by atoms with Gasteiger partial charge in [-0.3, -0.25) is 4.98 Å². The van der Waals surface area contributed by atoms with E-state index in [-0.39, 0.29) is 10.8 Å². The third-order valence-corrected chi connectivity index (χ3v) is 13.1. The van der Waals surface area contributed by atoms with Crippen molar-refractivity contribution in [3.05, 3.63) is 174 Å². The Kier molecular flexibility index (Phi) is 7.51. The van der Waals surface area contributed by atoms with Gasteiger partial charge in [-0.05, 0) is 125 Å². The number of hydrogen-bond acceptors (Lipinski definition) is 4. The maximum absolute atomic E-state index is 7.29. The van der Waals surface area contributed by atoms with E-state index in [1.807, 2.05) is 48.7 Å². The summed E-state index contributed by atoms with van der Waals surface area (Å²) in [6, 6.07) is 51.8. The van der Waals surface area contributed by atoms with Crippen LogP contribution in [0.2, 0.25) is 0 Å². The number of pyridine rings is 1. The molecule has 2 unspecified atom stereocenters. The molecule has 0 aliphatic heterocycles. The molecule has 56 heavy (non-hydrogen) atoms. The molecular weight excluding hydrogens is 683 g/mol. The van der Waals surface area contributed by atoms with E-state index in [0.717, 1.165) is 45.0 Å². The van der Waals surface area contributed by atoms with Crippen molar-refractivity contribution < 1.29 is 0 Å². The highest BCUT2D eigenvalue weighted by atomic mass is 15.0. The van der Waals surface area contributed by atoms with E-state index < -0.39 is 0 Å². The van der Waals surface area contributed by atoms with E-state index in [1.54, 1.807) is 0 Å². The lowest BCUT2D eigenvalue weighted by molar-refractivity contribution is -0.0280. The van der Waals surface area contributed by atoms with Crippen molar-refractivity contribution in [2.75, 3.05) is 0 Å². The molecule has 5 heteroatoms. The van der Waals surface area contributed by atoms with Crippen LogP contribution in [0.1, 0.15) is 49.7 Å². The first-order valence-corrected chi connectivity index (χ1v) is 19.8. The molecule has 4 saturated carbocycles. The fraction of sp³-hybridized carbons (Fsp3) is 0.196. The first-order valence-electron chi connectivity index (χ1n) is 19.8. The lowest BCUT2D eigenvalue weighted by atomic mass is 9.41. The minimum Gasteiger partial charge on any atom is -0.256 e. The highest BCUT2D eigenvalue weighted by Gasteiger charge is 2.58. The highest BCUT2D eigenvalue weighted by Crippen LogP contribution is 2.66. The summed E-state index contributed by atoms with van der Waals surface area (Å²) in [5, 5.41) is 3.64. The molecule has 2 heterocycles. The van der Waals surface area contributed by atoms with Crippen LogP contribution < -0.4 is 0 Å². The van der Waals surface area contributed by atoms with Crippen molar-refractivity contribution in [3.63, 3.8) is 0 Å². The van der Waals surface area contributed by atoms with E-state index in [1.165, 1.54) is 66.0 Å². The Morgan fingerprint density at radius 1 is 0.482 bits per heavy atom. The van der Waals surface area contributed by atoms with Crippen LogP contribution in [0, 0.1) is 18.4 Å². The highest BCUT2D eigenvalue weighted by molar-refractivity contribution is 5.88. The minimum absolute atomic E-state index is 0.178. The molecule has 8 aromatic rings. The van der Waals surface area contributed by atoms with Crippen molar-refractivity contribution in [2.24, 2.45) is 11.8 Å². The zero-order chi connectivity index (χ0) is 37.3. The SMILES string of the molecule is [C-]#[N+]c1ccc(-c2ccc3cc(C45CC6CC(CC(c7ccc(-c8nc(-c9ccccc9)nc(-c9ccc%10ncccc%10c9)n8)cc7)(C6)C4)C5)ccc3c2)cc1. The van der Waals surface area contributed by atoms with Crippen LogP contribution in [0.3, 0.4) is 0 Å². The van der Waals surface area contributed by atoms with Crippen molar-refractivity contribution in [2.45, 2.75) is 49.4 Å². The quantitative estimate of drug-likeness (QED) is 0.160. The topological polar surface area (TPSA) is 55.9 Å². The zero-order valence-electron chi connectivity index (χ0n) is 31.1. The Morgan fingerprint density at radius 2 is 1.05 bits per heavy atom. The number of fused-ring (bicyclic) bond motifs is 2. The number of aromatic nitrogens is 4. The number of nitrogens with zero attached hydrogens (tertiary/aromatic N) is 5. The molecule has 4 aliphatic carbocycles. The van der Waals surface area contributed by atoms with Crippen LogP contribution in [0.15, 0.2) is 152 Å². The first kappa shape index (κ1) is 32.9. The van der Waals surface area contributed by atoms with Gasteiger partial charge in [-0.15, -0.1) is 0 Å². The average molecular weight is 722 g/mol. The largest absolute Gasteiger partial charge is 0.256 e. The van der Waals surface area contributed by atoms with Gasteiger partial charge in [-0.2, -0.15) is 0 Å². The second-order valence-corrected chi connectivity index (χ2v) is 16.6. The second kappa shape index (κ2) is 12.8. The van der Waals surface area contributed by atoms with Gasteiger partial charge < -0.3 is 0 Å². The molecular formula is C51H39N5. The molecule has 4 bridgehead atoms. The zero-order valence-corrected chi connectivity index (χ0v) is 31.1. The lowest BCUT2D eigenvalue weighted by Gasteiger charge is -2.63. The number of benzene rings is 6. The third kappa shape index (κ3) is 5.59. The summed E-state index contributed by atoms with van der Waals surface area (Å²) < 4.78 is 0. The Balaban J connectivity index is 0.924. The molecule has 268 valence electrons. The summed E-state index contributed by atoms with van der Waals surface area (Å²) in [7, 11) is 0. The van der Waals surface area contributed by atoms with Crippen LogP contribution >= 0.6 is 0 Å². The molecule has 2 atom stereocenters. The lowest BCUT2D eigenvalue weighted by Crippen LogP contribution is -2.55. The maximum Gasteiger partial charge on any atom is 0.187 e.